The van der Waals surface area contributed by atoms with Crippen LogP contribution in [0.2, 0.25) is 0 Å². The molecule has 71 heavy (non-hydrogen) atoms. The van der Waals surface area contributed by atoms with Gasteiger partial charge in [0.25, 0.3) is 0 Å². The average molecular weight is 1000 g/mol. The summed E-state index contributed by atoms with van der Waals surface area (Å²) in [4.78, 5) is 0. The lowest BCUT2D eigenvalue weighted by Gasteiger charge is -2.40. The smallest absolute Gasteiger partial charge is 0.0786 e. The minimum Gasteiger partial charge on any atom is -0.324 e. The molecule has 0 radical (unpaired) electrons. The van der Waals surface area contributed by atoms with E-state index in [9.17, 15) is 0 Å². The van der Waals surface area contributed by atoms with Crippen LogP contribution in [0.4, 0.5) is 0 Å². The summed E-state index contributed by atoms with van der Waals surface area (Å²) in [7, 11) is 0. The number of nitrogens with zero attached hydrogens (tertiary/aromatic N) is 1. The van der Waals surface area contributed by atoms with Crippen molar-refractivity contribution in [2.45, 2.75) is 426 Å². The van der Waals surface area contributed by atoms with Crippen molar-refractivity contribution in [1.82, 2.24) is 0 Å². The zero-order chi connectivity index (χ0) is 51.2. The van der Waals surface area contributed by atoms with Gasteiger partial charge in [0.1, 0.15) is 0 Å². The van der Waals surface area contributed by atoms with E-state index in [1.54, 1.807) is 0 Å². The first kappa shape index (κ1) is 71.0. The highest BCUT2D eigenvalue weighted by Crippen LogP contribution is 2.23. The summed E-state index contributed by atoms with van der Waals surface area (Å²) in [6, 6.07) is 0. The maximum Gasteiger partial charge on any atom is 0.0786 e. The largest absolute Gasteiger partial charge is 0.324 e. The van der Waals surface area contributed by atoms with E-state index in [1.165, 1.54) is 429 Å². The van der Waals surface area contributed by atoms with Crippen LogP contribution in [-0.4, -0.2) is 30.7 Å². The monoisotopic (exact) mass is 999 g/mol. The SMILES string of the molecule is CCCCCCCCCCCCCCCCCC[N+](CCCCCCCCCCCCCCCC)(CCCCCCCCCCCCCCCCCC)CCCCCCCCCCCCCCCCCC. The molecule has 0 rings (SSSR count). The molecular formula is C70H144N+. The highest BCUT2D eigenvalue weighted by Gasteiger charge is 2.26. The van der Waals surface area contributed by atoms with Crippen LogP contribution < -0.4 is 0 Å². The van der Waals surface area contributed by atoms with Gasteiger partial charge in [-0.25, -0.2) is 0 Å². The Balaban J connectivity index is 4.95. The summed E-state index contributed by atoms with van der Waals surface area (Å²) in [5.74, 6) is 0. The summed E-state index contributed by atoms with van der Waals surface area (Å²) < 4.78 is 1.49. The Bertz CT molecular complexity index is 806. The molecule has 0 aliphatic heterocycles. The third-order valence-corrected chi connectivity index (χ3v) is 17.4. The number of quaternary nitrogens is 1. The van der Waals surface area contributed by atoms with Crippen molar-refractivity contribution in [3.8, 4) is 0 Å². The minimum atomic E-state index is 1.37. The lowest BCUT2D eigenvalue weighted by Crippen LogP contribution is -2.50. The Morgan fingerprint density at radius 2 is 0.197 bits per heavy atom. The van der Waals surface area contributed by atoms with Gasteiger partial charge in [-0.15, -0.1) is 0 Å². The molecule has 0 aromatic carbocycles. The summed E-state index contributed by atoms with van der Waals surface area (Å²) >= 11 is 0. The highest BCUT2D eigenvalue weighted by atomic mass is 15.3. The van der Waals surface area contributed by atoms with E-state index >= 15 is 0 Å². The molecule has 428 valence electrons. The van der Waals surface area contributed by atoms with Gasteiger partial charge in [-0.1, -0.05) is 374 Å². The number of hydrogen-bond donors (Lipinski definition) is 0. The third kappa shape index (κ3) is 59.1. The molecule has 0 heterocycles. The maximum absolute atomic E-state index is 2.34. The summed E-state index contributed by atoms with van der Waals surface area (Å²) in [5, 5.41) is 0. The van der Waals surface area contributed by atoms with Crippen molar-refractivity contribution in [3.05, 3.63) is 0 Å². The normalized spacial score (nSPS) is 12.0. The fraction of sp³-hybridized carbons (Fsp3) is 1.00. The summed E-state index contributed by atoms with van der Waals surface area (Å²) in [6.45, 7) is 15.3. The van der Waals surface area contributed by atoms with E-state index < -0.39 is 0 Å². The molecule has 0 saturated carbocycles. The molecular weight excluding hydrogens is 855 g/mol. The molecule has 1 nitrogen and oxygen atoms in total. The second-order valence-electron chi connectivity index (χ2n) is 24.7. The van der Waals surface area contributed by atoms with E-state index in [4.69, 9.17) is 0 Å². The molecule has 0 spiro atoms. The molecule has 0 aromatic rings. The van der Waals surface area contributed by atoms with Gasteiger partial charge in [0.05, 0.1) is 26.2 Å². The lowest BCUT2D eigenvalue weighted by molar-refractivity contribution is -0.929. The van der Waals surface area contributed by atoms with Crippen LogP contribution in [0.1, 0.15) is 426 Å². The molecule has 0 unspecified atom stereocenters. The first-order valence-electron chi connectivity index (χ1n) is 35.1. The zero-order valence-electron chi connectivity index (χ0n) is 51.1. The zero-order valence-corrected chi connectivity index (χ0v) is 51.1. The van der Waals surface area contributed by atoms with Gasteiger partial charge in [0, 0.05) is 0 Å². The van der Waals surface area contributed by atoms with Crippen molar-refractivity contribution in [1.29, 1.82) is 0 Å². The van der Waals surface area contributed by atoms with Crippen molar-refractivity contribution in [3.63, 3.8) is 0 Å². The standard InChI is InChI=1S/C70H144N/c1-5-9-13-17-21-25-29-33-37-40-44-48-52-56-60-64-68-71(67-63-59-55-51-47-43-36-32-28-24-20-16-12-8-4,69-65-61-57-53-49-45-41-38-34-30-26-22-18-14-10-6-2)70-66-62-58-54-50-46-42-39-35-31-27-23-19-15-11-7-3/h5-70H2,1-4H3/q+1. The van der Waals surface area contributed by atoms with E-state index in [1.807, 2.05) is 0 Å². The Labute approximate surface area is 454 Å². The van der Waals surface area contributed by atoms with Crippen LogP contribution in [0.25, 0.3) is 0 Å². The second kappa shape index (κ2) is 64.2. The molecule has 0 aliphatic rings. The van der Waals surface area contributed by atoms with Crippen molar-refractivity contribution in [2.24, 2.45) is 0 Å². The van der Waals surface area contributed by atoms with Crippen LogP contribution >= 0.6 is 0 Å². The van der Waals surface area contributed by atoms with Gasteiger partial charge in [0.2, 0.25) is 0 Å². The predicted octanol–water partition coefficient (Wildman–Crippen LogP) is 26.1. The Hall–Kier alpha value is -0.0400. The van der Waals surface area contributed by atoms with Gasteiger partial charge in [-0.2, -0.15) is 0 Å². The summed E-state index contributed by atoms with van der Waals surface area (Å²) in [6.07, 6.45) is 91.7. The van der Waals surface area contributed by atoms with E-state index in [2.05, 4.69) is 27.7 Å². The number of unbranched alkanes of at least 4 members (excludes halogenated alkanes) is 58. The Kier molecular flexibility index (Phi) is 64.2. The predicted molar refractivity (Wildman–Crippen MR) is 329 cm³/mol. The van der Waals surface area contributed by atoms with Gasteiger partial charge in [-0.05, 0) is 51.4 Å². The quantitative estimate of drug-likeness (QED) is 0.0421. The molecule has 0 N–H and O–H groups in total. The Morgan fingerprint density at radius 3 is 0.296 bits per heavy atom. The molecule has 0 saturated heterocycles. The molecule has 0 aromatic heterocycles. The minimum absolute atomic E-state index is 1.37. The topological polar surface area (TPSA) is 0 Å². The van der Waals surface area contributed by atoms with Crippen LogP contribution in [0, 0.1) is 0 Å². The van der Waals surface area contributed by atoms with Crippen LogP contribution in [-0.2, 0) is 0 Å². The first-order chi connectivity index (χ1) is 35.2. The van der Waals surface area contributed by atoms with E-state index in [-0.39, 0.29) is 0 Å². The molecule has 0 amide bonds. The summed E-state index contributed by atoms with van der Waals surface area (Å²) in [5.41, 5.74) is 0. The van der Waals surface area contributed by atoms with E-state index in [0.717, 1.165) is 0 Å². The second-order valence-corrected chi connectivity index (χ2v) is 24.7. The van der Waals surface area contributed by atoms with E-state index in [0.29, 0.717) is 0 Å². The fourth-order valence-electron chi connectivity index (χ4n) is 12.3. The fourth-order valence-corrected chi connectivity index (χ4v) is 12.3. The molecule has 0 fully saturated rings. The number of hydrogen-bond acceptors (Lipinski definition) is 0. The van der Waals surface area contributed by atoms with Gasteiger partial charge in [0.15, 0.2) is 0 Å². The van der Waals surface area contributed by atoms with Gasteiger partial charge >= 0.3 is 0 Å². The molecule has 0 bridgehead atoms. The Morgan fingerprint density at radius 1 is 0.113 bits per heavy atom. The molecule has 1 heteroatoms. The average Bonchev–Trinajstić information content (AvgIpc) is 3.38. The maximum atomic E-state index is 2.34. The van der Waals surface area contributed by atoms with Crippen molar-refractivity contribution >= 4 is 0 Å². The number of rotatable bonds is 66. The van der Waals surface area contributed by atoms with Crippen LogP contribution in [0.3, 0.4) is 0 Å². The highest BCUT2D eigenvalue weighted by molar-refractivity contribution is 4.58. The first-order valence-corrected chi connectivity index (χ1v) is 35.1. The van der Waals surface area contributed by atoms with Crippen LogP contribution in [0.15, 0.2) is 0 Å². The van der Waals surface area contributed by atoms with Crippen molar-refractivity contribution in [2.75, 3.05) is 26.2 Å². The van der Waals surface area contributed by atoms with Crippen LogP contribution in [0.5, 0.6) is 0 Å². The van der Waals surface area contributed by atoms with Crippen molar-refractivity contribution < 1.29 is 4.48 Å². The molecule has 0 aliphatic carbocycles. The lowest BCUT2D eigenvalue weighted by atomic mass is 10.0. The van der Waals surface area contributed by atoms with Gasteiger partial charge < -0.3 is 4.48 Å². The third-order valence-electron chi connectivity index (χ3n) is 17.4. The molecule has 0 atom stereocenters. The van der Waals surface area contributed by atoms with Gasteiger partial charge in [-0.3, -0.25) is 0 Å².